The maximum absolute atomic E-state index is 9.52. The van der Waals surface area contributed by atoms with E-state index in [0.29, 0.717) is 6.04 Å². The predicted molar refractivity (Wildman–Crippen MR) is 62.5 cm³/mol. The number of nitrogens with zero attached hydrogens (tertiary/aromatic N) is 1. The van der Waals surface area contributed by atoms with Crippen molar-refractivity contribution in [2.45, 2.75) is 65.5 Å². The van der Waals surface area contributed by atoms with Crippen LogP contribution in [0.15, 0.2) is 0 Å². The summed E-state index contributed by atoms with van der Waals surface area (Å²) in [6, 6.07) is 0.513. The van der Waals surface area contributed by atoms with Gasteiger partial charge in [0.2, 0.25) is 0 Å². The summed E-state index contributed by atoms with van der Waals surface area (Å²) >= 11 is 0. The highest BCUT2D eigenvalue weighted by Crippen LogP contribution is 2.23. The zero-order valence-electron chi connectivity index (χ0n) is 10.5. The van der Waals surface area contributed by atoms with E-state index in [2.05, 4.69) is 39.5 Å². The molecule has 0 aromatic carbocycles. The first kappa shape index (κ1) is 13.9. The Kier molecular flexibility index (Phi) is 6.38. The van der Waals surface area contributed by atoms with E-state index in [1.165, 1.54) is 0 Å². The smallest absolute Gasteiger partial charge is 0.0612 e. The van der Waals surface area contributed by atoms with Gasteiger partial charge < -0.3 is 5.11 Å². The van der Waals surface area contributed by atoms with E-state index >= 15 is 0 Å². The van der Waals surface area contributed by atoms with Crippen LogP contribution in [0, 0.1) is 0 Å². The normalized spacial score (nSPS) is 16.3. The maximum atomic E-state index is 9.52. The molecule has 0 aromatic heterocycles. The van der Waals surface area contributed by atoms with Crippen molar-refractivity contribution in [1.29, 1.82) is 0 Å². The number of hydrogen-bond donors (Lipinski definition) is 1. The first-order valence-electron chi connectivity index (χ1n) is 5.89. The second-order valence-electron chi connectivity index (χ2n) is 4.69. The fourth-order valence-corrected chi connectivity index (χ4v) is 2.24. The molecule has 0 aliphatic carbocycles. The molecule has 0 aliphatic heterocycles. The van der Waals surface area contributed by atoms with Crippen LogP contribution in [0.1, 0.15) is 53.9 Å². The molecule has 1 atom stereocenters. The minimum atomic E-state index is -0.0288. The summed E-state index contributed by atoms with van der Waals surface area (Å²) in [7, 11) is 0. The number of hydrogen-bond acceptors (Lipinski definition) is 2. The highest BCUT2D eigenvalue weighted by Gasteiger charge is 2.31. The van der Waals surface area contributed by atoms with Crippen molar-refractivity contribution in [1.82, 2.24) is 4.90 Å². The number of aliphatic hydroxyl groups is 1. The van der Waals surface area contributed by atoms with Crippen molar-refractivity contribution < 1.29 is 5.11 Å². The molecule has 0 bridgehead atoms. The van der Waals surface area contributed by atoms with Crippen LogP contribution in [0.5, 0.6) is 0 Å². The molecule has 0 aromatic rings. The second-order valence-corrected chi connectivity index (χ2v) is 4.69. The van der Waals surface area contributed by atoms with Crippen molar-refractivity contribution in [2.24, 2.45) is 0 Å². The topological polar surface area (TPSA) is 23.5 Å². The van der Waals surface area contributed by atoms with E-state index in [-0.39, 0.29) is 12.1 Å². The zero-order valence-corrected chi connectivity index (χ0v) is 10.5. The summed E-state index contributed by atoms with van der Waals surface area (Å²) in [5.74, 6) is 0. The van der Waals surface area contributed by atoms with Crippen LogP contribution in [-0.2, 0) is 0 Å². The molecule has 1 N–H and O–H groups in total. The molecular weight excluding hydrogens is 174 g/mol. The summed E-state index contributed by atoms with van der Waals surface area (Å²) in [6.45, 7) is 12.3. The Bertz CT molecular complexity index is 147. The van der Waals surface area contributed by atoms with Crippen LogP contribution in [0.4, 0.5) is 0 Å². The molecule has 0 saturated carbocycles. The number of rotatable bonds is 7. The first-order valence-corrected chi connectivity index (χ1v) is 5.89. The lowest BCUT2D eigenvalue weighted by Crippen LogP contribution is -2.52. The van der Waals surface area contributed by atoms with Crippen molar-refractivity contribution >= 4 is 0 Å². The van der Waals surface area contributed by atoms with Gasteiger partial charge in [-0.3, -0.25) is 4.90 Å². The molecule has 0 amide bonds. The molecule has 0 rings (SSSR count). The molecule has 0 saturated heterocycles. The van der Waals surface area contributed by atoms with Crippen LogP contribution in [0.2, 0.25) is 0 Å². The lowest BCUT2D eigenvalue weighted by atomic mass is 9.93. The van der Waals surface area contributed by atoms with Crippen LogP contribution >= 0.6 is 0 Å². The van der Waals surface area contributed by atoms with Crippen LogP contribution in [0.3, 0.4) is 0 Å². The monoisotopic (exact) mass is 201 g/mol. The van der Waals surface area contributed by atoms with Gasteiger partial charge in [-0.1, -0.05) is 20.3 Å². The summed E-state index contributed by atoms with van der Waals surface area (Å²) in [5.41, 5.74) is -0.0288. The van der Waals surface area contributed by atoms with Crippen LogP contribution < -0.4 is 0 Å². The first-order chi connectivity index (χ1) is 6.51. The molecule has 1 unspecified atom stereocenters. The Labute approximate surface area is 89.3 Å². The summed E-state index contributed by atoms with van der Waals surface area (Å²) < 4.78 is 0. The largest absolute Gasteiger partial charge is 0.394 e. The summed E-state index contributed by atoms with van der Waals surface area (Å²) in [5, 5.41) is 9.52. The standard InChI is InChI=1S/C12H27NO/c1-6-8-12(5,10-14)13(9-7-2)11(3)4/h11,14H,6-10H2,1-5H3. The third-order valence-electron chi connectivity index (χ3n) is 2.91. The second kappa shape index (κ2) is 6.41. The molecule has 14 heavy (non-hydrogen) atoms. The van der Waals surface area contributed by atoms with Crippen LogP contribution in [0.25, 0.3) is 0 Å². The van der Waals surface area contributed by atoms with Crippen molar-refractivity contribution in [3.05, 3.63) is 0 Å². The van der Waals surface area contributed by atoms with Gasteiger partial charge in [0.05, 0.1) is 6.61 Å². The van der Waals surface area contributed by atoms with Gasteiger partial charge in [0.25, 0.3) is 0 Å². The van der Waals surface area contributed by atoms with Gasteiger partial charge in [-0.2, -0.15) is 0 Å². The molecule has 86 valence electrons. The van der Waals surface area contributed by atoms with E-state index in [9.17, 15) is 5.11 Å². The van der Waals surface area contributed by atoms with Crippen LogP contribution in [-0.4, -0.2) is 34.7 Å². The lowest BCUT2D eigenvalue weighted by molar-refractivity contribution is 0.0131. The number of aliphatic hydroxyl groups excluding tert-OH is 1. The Morgan fingerprint density at radius 1 is 1.21 bits per heavy atom. The van der Waals surface area contributed by atoms with Gasteiger partial charge in [0.1, 0.15) is 0 Å². The minimum absolute atomic E-state index is 0.0288. The third kappa shape index (κ3) is 3.58. The molecular formula is C12H27NO. The van der Waals surface area contributed by atoms with Crippen molar-refractivity contribution in [3.63, 3.8) is 0 Å². The summed E-state index contributed by atoms with van der Waals surface area (Å²) in [4.78, 5) is 2.43. The van der Waals surface area contributed by atoms with E-state index in [4.69, 9.17) is 0 Å². The molecule has 0 fully saturated rings. The summed E-state index contributed by atoms with van der Waals surface area (Å²) in [6.07, 6.45) is 3.35. The molecule has 0 radical (unpaired) electrons. The van der Waals surface area contributed by atoms with E-state index in [1.807, 2.05) is 0 Å². The Morgan fingerprint density at radius 3 is 2.07 bits per heavy atom. The average Bonchev–Trinajstić information content (AvgIpc) is 2.14. The van der Waals surface area contributed by atoms with Gasteiger partial charge in [-0.05, 0) is 40.2 Å². The SMILES string of the molecule is CCCN(C(C)C)C(C)(CO)CCC. The lowest BCUT2D eigenvalue weighted by Gasteiger charge is -2.43. The van der Waals surface area contributed by atoms with Crippen molar-refractivity contribution in [3.8, 4) is 0 Å². The Balaban J connectivity index is 4.55. The molecule has 0 spiro atoms. The van der Waals surface area contributed by atoms with Gasteiger partial charge in [-0.25, -0.2) is 0 Å². The van der Waals surface area contributed by atoms with Gasteiger partial charge in [0, 0.05) is 11.6 Å². The van der Waals surface area contributed by atoms with E-state index < -0.39 is 0 Å². The molecule has 0 aliphatic rings. The van der Waals surface area contributed by atoms with Gasteiger partial charge in [0.15, 0.2) is 0 Å². The molecule has 0 heterocycles. The highest BCUT2D eigenvalue weighted by molar-refractivity contribution is 4.87. The maximum Gasteiger partial charge on any atom is 0.0612 e. The zero-order chi connectivity index (χ0) is 11.2. The third-order valence-corrected chi connectivity index (χ3v) is 2.91. The fourth-order valence-electron chi connectivity index (χ4n) is 2.24. The molecule has 2 nitrogen and oxygen atoms in total. The van der Waals surface area contributed by atoms with Crippen molar-refractivity contribution in [2.75, 3.05) is 13.2 Å². The fraction of sp³-hybridized carbons (Fsp3) is 1.00. The van der Waals surface area contributed by atoms with Gasteiger partial charge >= 0.3 is 0 Å². The highest BCUT2D eigenvalue weighted by atomic mass is 16.3. The van der Waals surface area contributed by atoms with E-state index in [0.717, 1.165) is 25.8 Å². The Hall–Kier alpha value is -0.0800. The average molecular weight is 201 g/mol. The quantitative estimate of drug-likeness (QED) is 0.684. The Morgan fingerprint density at radius 2 is 1.79 bits per heavy atom. The molecule has 2 heteroatoms. The predicted octanol–water partition coefficient (Wildman–Crippen LogP) is 2.66. The minimum Gasteiger partial charge on any atom is -0.394 e. The van der Waals surface area contributed by atoms with E-state index in [1.54, 1.807) is 0 Å². The van der Waals surface area contributed by atoms with Gasteiger partial charge in [-0.15, -0.1) is 0 Å².